The maximum atomic E-state index is 11.8. The van der Waals surface area contributed by atoms with Gasteiger partial charge in [-0.05, 0) is 19.8 Å². The number of aromatic nitrogens is 1. The zero-order valence-corrected chi connectivity index (χ0v) is 11.6. The molecule has 0 bridgehead atoms. The molecule has 1 aromatic heterocycles. The Morgan fingerprint density at radius 1 is 1.65 bits per heavy atom. The maximum absolute atomic E-state index is 11.8. The highest BCUT2D eigenvalue weighted by molar-refractivity contribution is 7.11. The molecule has 0 radical (unpaired) electrons. The Balaban J connectivity index is 2.42. The van der Waals surface area contributed by atoms with Gasteiger partial charge in [-0.3, -0.25) is 4.79 Å². The number of rotatable bonds is 6. The van der Waals surface area contributed by atoms with Gasteiger partial charge in [0.2, 0.25) is 5.91 Å². The van der Waals surface area contributed by atoms with Gasteiger partial charge in [0.15, 0.2) is 0 Å². The summed E-state index contributed by atoms with van der Waals surface area (Å²) in [5.74, 6) is 0.135. The van der Waals surface area contributed by atoms with Crippen molar-refractivity contribution in [2.24, 2.45) is 5.73 Å². The molecule has 5 heteroatoms. The van der Waals surface area contributed by atoms with Gasteiger partial charge in [0.25, 0.3) is 0 Å². The van der Waals surface area contributed by atoms with Crippen molar-refractivity contribution in [2.45, 2.75) is 45.7 Å². The van der Waals surface area contributed by atoms with Crippen LogP contribution in [-0.2, 0) is 17.8 Å². The summed E-state index contributed by atoms with van der Waals surface area (Å²) in [5.41, 5.74) is 5.63. The molecule has 1 heterocycles. The maximum Gasteiger partial charge on any atom is 0.222 e. The van der Waals surface area contributed by atoms with E-state index in [1.807, 2.05) is 20.2 Å². The molecule has 0 aliphatic carbocycles. The number of carbonyl (C=O) groups is 1. The lowest BCUT2D eigenvalue weighted by atomic mass is 10.2. The van der Waals surface area contributed by atoms with Crippen LogP contribution in [0.15, 0.2) is 6.20 Å². The van der Waals surface area contributed by atoms with Gasteiger partial charge in [0, 0.05) is 30.6 Å². The number of nitrogens with zero attached hydrogens (tertiary/aromatic N) is 2. The fraction of sp³-hybridized carbons (Fsp3) is 0.667. The normalized spacial score (nSPS) is 12.5. The Morgan fingerprint density at radius 3 is 2.88 bits per heavy atom. The second kappa shape index (κ2) is 6.71. The van der Waals surface area contributed by atoms with Crippen LogP contribution in [0.25, 0.3) is 0 Å². The van der Waals surface area contributed by atoms with E-state index in [1.165, 1.54) is 4.88 Å². The average Bonchev–Trinajstić information content (AvgIpc) is 2.73. The largest absolute Gasteiger partial charge is 0.339 e. The number of hydrogen-bond acceptors (Lipinski definition) is 4. The highest BCUT2D eigenvalue weighted by atomic mass is 32.1. The number of carbonyl (C=O) groups excluding carboxylic acids is 1. The minimum atomic E-state index is 0.0823. The van der Waals surface area contributed by atoms with Gasteiger partial charge in [-0.25, -0.2) is 4.98 Å². The molecule has 1 aromatic rings. The summed E-state index contributed by atoms with van der Waals surface area (Å²) in [6.07, 6.45) is 4.14. The van der Waals surface area contributed by atoms with E-state index in [9.17, 15) is 4.79 Å². The standard InChI is InChI=1S/C12H21N3OS/c1-4-10-7-14-11(17-10)8-15(3)12(16)6-5-9(2)13/h7,9H,4-6,8,13H2,1-3H3. The summed E-state index contributed by atoms with van der Waals surface area (Å²) in [4.78, 5) is 19.1. The van der Waals surface area contributed by atoms with E-state index in [2.05, 4.69) is 11.9 Å². The highest BCUT2D eigenvalue weighted by Crippen LogP contribution is 2.15. The molecule has 0 saturated carbocycles. The zero-order chi connectivity index (χ0) is 12.8. The quantitative estimate of drug-likeness (QED) is 0.843. The van der Waals surface area contributed by atoms with Gasteiger partial charge in [-0.1, -0.05) is 6.92 Å². The van der Waals surface area contributed by atoms with E-state index in [-0.39, 0.29) is 11.9 Å². The first-order valence-corrected chi connectivity index (χ1v) is 6.77. The Hall–Kier alpha value is -0.940. The van der Waals surface area contributed by atoms with Crippen LogP contribution in [0.4, 0.5) is 0 Å². The van der Waals surface area contributed by atoms with Gasteiger partial charge in [-0.2, -0.15) is 0 Å². The number of hydrogen-bond donors (Lipinski definition) is 1. The summed E-state index contributed by atoms with van der Waals surface area (Å²) in [6.45, 7) is 4.62. The third kappa shape index (κ3) is 4.83. The van der Waals surface area contributed by atoms with E-state index < -0.39 is 0 Å². The Kier molecular flexibility index (Phi) is 5.58. The van der Waals surface area contributed by atoms with Crippen molar-refractivity contribution in [1.82, 2.24) is 9.88 Å². The monoisotopic (exact) mass is 255 g/mol. The van der Waals surface area contributed by atoms with Crippen LogP contribution in [0.5, 0.6) is 0 Å². The molecule has 96 valence electrons. The van der Waals surface area contributed by atoms with Crippen LogP contribution in [-0.4, -0.2) is 28.9 Å². The molecule has 0 aromatic carbocycles. The molecule has 0 fully saturated rings. The summed E-state index contributed by atoms with van der Waals surface area (Å²) >= 11 is 1.67. The van der Waals surface area contributed by atoms with Gasteiger partial charge in [0.05, 0.1) is 6.54 Å². The summed E-state index contributed by atoms with van der Waals surface area (Å²) in [7, 11) is 1.82. The number of thiazole rings is 1. The SMILES string of the molecule is CCc1cnc(CN(C)C(=O)CCC(C)N)s1. The number of aryl methyl sites for hydroxylation is 1. The Morgan fingerprint density at radius 2 is 2.35 bits per heavy atom. The van der Waals surface area contributed by atoms with Crippen molar-refractivity contribution >= 4 is 17.2 Å². The minimum Gasteiger partial charge on any atom is -0.339 e. The highest BCUT2D eigenvalue weighted by Gasteiger charge is 2.11. The molecular weight excluding hydrogens is 234 g/mol. The fourth-order valence-electron chi connectivity index (χ4n) is 1.42. The first-order valence-electron chi connectivity index (χ1n) is 5.96. The van der Waals surface area contributed by atoms with Crippen LogP contribution in [0.3, 0.4) is 0 Å². The molecule has 0 aliphatic rings. The summed E-state index contributed by atoms with van der Waals surface area (Å²) in [5, 5.41) is 0.999. The van der Waals surface area contributed by atoms with E-state index in [4.69, 9.17) is 5.73 Å². The van der Waals surface area contributed by atoms with Crippen molar-refractivity contribution in [3.05, 3.63) is 16.1 Å². The molecular formula is C12H21N3OS. The smallest absolute Gasteiger partial charge is 0.222 e. The predicted octanol–water partition coefficient (Wildman–Crippen LogP) is 1.79. The molecule has 17 heavy (non-hydrogen) atoms. The lowest BCUT2D eigenvalue weighted by Gasteiger charge is -2.16. The van der Waals surface area contributed by atoms with Crippen molar-refractivity contribution in [3.8, 4) is 0 Å². The molecule has 1 amide bonds. The number of amides is 1. The van der Waals surface area contributed by atoms with Crippen molar-refractivity contribution < 1.29 is 4.79 Å². The van der Waals surface area contributed by atoms with Crippen LogP contribution in [0.2, 0.25) is 0 Å². The predicted molar refractivity (Wildman–Crippen MR) is 70.8 cm³/mol. The van der Waals surface area contributed by atoms with E-state index in [1.54, 1.807) is 16.2 Å². The summed E-state index contributed by atoms with van der Waals surface area (Å²) < 4.78 is 0. The first kappa shape index (κ1) is 14.1. The van der Waals surface area contributed by atoms with Crippen LogP contribution in [0.1, 0.15) is 36.6 Å². The van der Waals surface area contributed by atoms with Crippen molar-refractivity contribution in [2.75, 3.05) is 7.05 Å². The molecule has 0 aliphatic heterocycles. The van der Waals surface area contributed by atoms with E-state index >= 15 is 0 Å². The molecule has 1 unspecified atom stereocenters. The van der Waals surface area contributed by atoms with Crippen molar-refractivity contribution in [3.63, 3.8) is 0 Å². The van der Waals surface area contributed by atoms with Crippen molar-refractivity contribution in [1.29, 1.82) is 0 Å². The molecule has 4 nitrogen and oxygen atoms in total. The molecule has 2 N–H and O–H groups in total. The van der Waals surface area contributed by atoms with Gasteiger partial charge < -0.3 is 10.6 Å². The van der Waals surface area contributed by atoms with Crippen LogP contribution < -0.4 is 5.73 Å². The molecule has 0 saturated heterocycles. The topological polar surface area (TPSA) is 59.2 Å². The molecule has 0 spiro atoms. The molecule has 1 rings (SSSR count). The fourth-order valence-corrected chi connectivity index (χ4v) is 2.33. The van der Waals surface area contributed by atoms with Gasteiger partial charge >= 0.3 is 0 Å². The average molecular weight is 255 g/mol. The first-order chi connectivity index (χ1) is 8.02. The Labute approximate surface area is 107 Å². The second-order valence-corrected chi connectivity index (χ2v) is 5.54. The van der Waals surface area contributed by atoms with E-state index in [0.717, 1.165) is 17.8 Å². The zero-order valence-electron chi connectivity index (χ0n) is 10.8. The van der Waals surface area contributed by atoms with Crippen LogP contribution in [0, 0.1) is 0 Å². The van der Waals surface area contributed by atoms with E-state index in [0.29, 0.717) is 13.0 Å². The summed E-state index contributed by atoms with van der Waals surface area (Å²) in [6, 6.07) is 0.0823. The second-order valence-electron chi connectivity index (χ2n) is 4.34. The lowest BCUT2D eigenvalue weighted by molar-refractivity contribution is -0.130. The van der Waals surface area contributed by atoms with Gasteiger partial charge in [-0.15, -0.1) is 11.3 Å². The minimum absolute atomic E-state index is 0.0823. The Bertz CT molecular complexity index is 362. The number of nitrogens with two attached hydrogens (primary N) is 1. The lowest BCUT2D eigenvalue weighted by Crippen LogP contribution is -2.27. The van der Waals surface area contributed by atoms with Gasteiger partial charge in [0.1, 0.15) is 5.01 Å². The van der Waals surface area contributed by atoms with Crippen LogP contribution >= 0.6 is 11.3 Å². The third-order valence-corrected chi connectivity index (χ3v) is 3.69. The molecule has 1 atom stereocenters. The third-order valence-electron chi connectivity index (χ3n) is 2.56.